The molecule has 1 aliphatic heterocycles. The fraction of sp³-hybridized carbons (Fsp3) is 0.474. The molecule has 1 saturated heterocycles. The Balaban J connectivity index is 1.54. The fourth-order valence-corrected chi connectivity index (χ4v) is 3.96. The van der Waals surface area contributed by atoms with E-state index in [-0.39, 0.29) is 0 Å². The third kappa shape index (κ3) is 2.73. The molecule has 24 heavy (non-hydrogen) atoms. The summed E-state index contributed by atoms with van der Waals surface area (Å²) in [5.74, 6) is 2.89. The molecule has 5 nitrogen and oxygen atoms in total. The van der Waals surface area contributed by atoms with Crippen LogP contribution in [0.1, 0.15) is 36.1 Å². The van der Waals surface area contributed by atoms with Gasteiger partial charge in [0.15, 0.2) is 0 Å². The van der Waals surface area contributed by atoms with Crippen LogP contribution in [0.25, 0.3) is 11.0 Å². The zero-order chi connectivity index (χ0) is 16.7. The Hall–Kier alpha value is -2.14. The number of hydrogen-bond donors (Lipinski definition) is 0. The summed E-state index contributed by atoms with van der Waals surface area (Å²) in [5, 5.41) is 0. The van der Waals surface area contributed by atoms with E-state index in [9.17, 15) is 0 Å². The van der Waals surface area contributed by atoms with E-state index >= 15 is 0 Å². The third-order valence-corrected chi connectivity index (χ3v) is 5.15. The molecule has 0 N–H and O–H groups in total. The van der Waals surface area contributed by atoms with Gasteiger partial charge in [0.1, 0.15) is 11.6 Å². The van der Waals surface area contributed by atoms with Crippen molar-refractivity contribution in [3.63, 3.8) is 0 Å². The molecule has 5 heteroatoms. The summed E-state index contributed by atoms with van der Waals surface area (Å²) in [5.41, 5.74) is 3.41. The van der Waals surface area contributed by atoms with Crippen LogP contribution in [0.3, 0.4) is 0 Å². The Morgan fingerprint density at radius 1 is 1.17 bits per heavy atom. The summed E-state index contributed by atoms with van der Waals surface area (Å²) < 4.78 is 4.42. The molecule has 1 aromatic carbocycles. The van der Waals surface area contributed by atoms with Crippen molar-refractivity contribution in [3.05, 3.63) is 47.8 Å². The van der Waals surface area contributed by atoms with Crippen LogP contribution in [-0.2, 0) is 20.6 Å². The van der Waals surface area contributed by atoms with Crippen LogP contribution < -0.4 is 0 Å². The molecule has 0 saturated carbocycles. The zero-order valence-electron chi connectivity index (χ0n) is 14.7. The Morgan fingerprint density at radius 3 is 2.75 bits per heavy atom. The second kappa shape index (κ2) is 6.06. The van der Waals surface area contributed by atoms with Gasteiger partial charge in [-0.15, -0.1) is 0 Å². The molecule has 0 unspecified atom stereocenters. The average molecular weight is 323 g/mol. The van der Waals surface area contributed by atoms with Crippen LogP contribution in [0.4, 0.5) is 0 Å². The first-order valence-corrected chi connectivity index (χ1v) is 8.74. The highest BCUT2D eigenvalue weighted by Crippen LogP contribution is 2.27. The van der Waals surface area contributed by atoms with E-state index in [1.165, 1.54) is 24.2 Å². The number of imidazole rings is 2. The first kappa shape index (κ1) is 15.4. The van der Waals surface area contributed by atoms with Crippen LogP contribution in [0.15, 0.2) is 30.5 Å². The van der Waals surface area contributed by atoms with E-state index < -0.39 is 0 Å². The lowest BCUT2D eigenvalue weighted by atomic mass is 9.97. The predicted octanol–water partition coefficient (Wildman–Crippen LogP) is 2.99. The van der Waals surface area contributed by atoms with Gasteiger partial charge in [0.05, 0.1) is 23.3 Å². The summed E-state index contributed by atoms with van der Waals surface area (Å²) in [6.07, 6.45) is 4.57. The Bertz CT molecular complexity index is 860. The number of aromatic nitrogens is 4. The molecule has 3 aromatic rings. The van der Waals surface area contributed by atoms with Crippen LogP contribution in [0.5, 0.6) is 0 Å². The summed E-state index contributed by atoms with van der Waals surface area (Å²) >= 11 is 0. The van der Waals surface area contributed by atoms with E-state index in [0.29, 0.717) is 5.92 Å². The number of hydrogen-bond acceptors (Lipinski definition) is 3. The van der Waals surface area contributed by atoms with Crippen molar-refractivity contribution in [2.75, 3.05) is 13.1 Å². The van der Waals surface area contributed by atoms with Crippen molar-refractivity contribution in [3.8, 4) is 0 Å². The SMILES string of the molecule is Cc1cn(C)c([C@H]2CCCN(Cc3nc4ccccc4n3C)C2)n1. The maximum Gasteiger partial charge on any atom is 0.123 e. The molecule has 4 rings (SSSR count). The maximum atomic E-state index is 4.83. The smallest absolute Gasteiger partial charge is 0.123 e. The number of nitrogens with zero attached hydrogens (tertiary/aromatic N) is 5. The first-order chi connectivity index (χ1) is 11.6. The number of fused-ring (bicyclic) bond motifs is 1. The molecule has 1 aliphatic rings. The number of benzene rings is 1. The molecular weight excluding hydrogens is 298 g/mol. The third-order valence-electron chi connectivity index (χ3n) is 5.15. The van der Waals surface area contributed by atoms with Gasteiger partial charge in [-0.3, -0.25) is 4.90 Å². The van der Waals surface area contributed by atoms with Gasteiger partial charge in [-0.2, -0.15) is 0 Å². The fourth-order valence-electron chi connectivity index (χ4n) is 3.96. The Morgan fingerprint density at radius 2 is 2.00 bits per heavy atom. The van der Waals surface area contributed by atoms with E-state index in [1.807, 2.05) is 0 Å². The normalized spacial score (nSPS) is 19.2. The van der Waals surface area contributed by atoms with Crippen LogP contribution in [0.2, 0.25) is 0 Å². The minimum Gasteiger partial charge on any atom is -0.337 e. The molecule has 3 heterocycles. The van der Waals surface area contributed by atoms with Crippen molar-refractivity contribution in [1.29, 1.82) is 0 Å². The van der Waals surface area contributed by atoms with Gasteiger partial charge in [0, 0.05) is 32.8 Å². The molecule has 1 atom stereocenters. The van der Waals surface area contributed by atoms with E-state index in [2.05, 4.69) is 65.5 Å². The number of piperidine rings is 1. The molecule has 0 spiro atoms. The summed E-state index contributed by atoms with van der Waals surface area (Å²) in [4.78, 5) is 12.1. The predicted molar refractivity (Wildman–Crippen MR) is 95.9 cm³/mol. The molecule has 0 bridgehead atoms. The molecule has 0 radical (unpaired) electrons. The topological polar surface area (TPSA) is 38.9 Å². The minimum atomic E-state index is 0.520. The standard InChI is InChI=1S/C19H25N5/c1-14-11-22(2)19(20-14)15-7-6-10-24(12-15)13-18-21-16-8-4-5-9-17(16)23(18)3/h4-5,8-9,11,15H,6-7,10,12-13H2,1-3H3/t15-/m0/s1. The minimum absolute atomic E-state index is 0.520. The van der Waals surface area contributed by atoms with Crippen LogP contribution >= 0.6 is 0 Å². The highest BCUT2D eigenvalue weighted by Gasteiger charge is 2.25. The lowest BCUT2D eigenvalue weighted by Crippen LogP contribution is -2.35. The van der Waals surface area contributed by atoms with Crippen molar-refractivity contribution in [2.45, 2.75) is 32.2 Å². The van der Waals surface area contributed by atoms with Crippen molar-refractivity contribution in [2.24, 2.45) is 14.1 Å². The van der Waals surface area contributed by atoms with Crippen molar-refractivity contribution in [1.82, 2.24) is 24.0 Å². The molecule has 2 aromatic heterocycles. The number of likely N-dealkylation sites (tertiary alicyclic amines) is 1. The molecule has 126 valence electrons. The second-order valence-electron chi connectivity index (χ2n) is 7.00. The van der Waals surface area contributed by atoms with Crippen molar-refractivity contribution < 1.29 is 0 Å². The summed E-state index contributed by atoms with van der Waals surface area (Å²) in [6.45, 7) is 5.19. The molecule has 0 amide bonds. The largest absolute Gasteiger partial charge is 0.337 e. The highest BCUT2D eigenvalue weighted by atomic mass is 15.2. The van der Waals surface area contributed by atoms with Gasteiger partial charge in [0.25, 0.3) is 0 Å². The second-order valence-corrected chi connectivity index (χ2v) is 7.00. The monoisotopic (exact) mass is 323 g/mol. The zero-order valence-corrected chi connectivity index (χ0v) is 14.7. The number of para-hydroxylation sites is 2. The summed E-state index contributed by atoms with van der Waals surface area (Å²) in [7, 11) is 4.23. The lowest BCUT2D eigenvalue weighted by Gasteiger charge is -2.32. The number of rotatable bonds is 3. The van der Waals surface area contributed by atoms with Crippen LogP contribution in [0, 0.1) is 6.92 Å². The van der Waals surface area contributed by atoms with Gasteiger partial charge in [-0.05, 0) is 38.4 Å². The lowest BCUT2D eigenvalue weighted by molar-refractivity contribution is 0.190. The van der Waals surface area contributed by atoms with Gasteiger partial charge < -0.3 is 9.13 Å². The molecule has 0 aliphatic carbocycles. The maximum absolute atomic E-state index is 4.83. The average Bonchev–Trinajstić information content (AvgIpc) is 3.08. The van der Waals surface area contributed by atoms with Gasteiger partial charge in [-0.25, -0.2) is 9.97 Å². The van der Waals surface area contributed by atoms with E-state index in [1.54, 1.807) is 0 Å². The Kier molecular flexibility index (Phi) is 3.88. The number of aryl methyl sites for hydroxylation is 3. The van der Waals surface area contributed by atoms with Gasteiger partial charge >= 0.3 is 0 Å². The molecular formula is C19H25N5. The Labute approximate surface area is 142 Å². The van der Waals surface area contributed by atoms with Gasteiger partial charge in [-0.1, -0.05) is 12.1 Å². The molecule has 1 fully saturated rings. The summed E-state index contributed by atoms with van der Waals surface area (Å²) in [6, 6.07) is 8.36. The van der Waals surface area contributed by atoms with E-state index in [4.69, 9.17) is 9.97 Å². The van der Waals surface area contributed by atoms with Crippen molar-refractivity contribution >= 4 is 11.0 Å². The highest BCUT2D eigenvalue weighted by molar-refractivity contribution is 5.75. The first-order valence-electron chi connectivity index (χ1n) is 8.74. The van der Waals surface area contributed by atoms with Crippen LogP contribution in [-0.4, -0.2) is 37.1 Å². The van der Waals surface area contributed by atoms with Gasteiger partial charge in [0.2, 0.25) is 0 Å². The van der Waals surface area contributed by atoms with E-state index in [0.717, 1.165) is 36.7 Å². The quantitative estimate of drug-likeness (QED) is 0.744.